The van der Waals surface area contributed by atoms with Crippen LogP contribution >= 0.6 is 0 Å². The fraction of sp³-hybridized carbons (Fsp3) is 0.529. The quantitative estimate of drug-likeness (QED) is 0.672. The molecule has 128 valence electrons. The lowest BCUT2D eigenvalue weighted by molar-refractivity contribution is -0.140. The highest BCUT2D eigenvalue weighted by molar-refractivity contribution is 5.87. The Morgan fingerprint density at radius 3 is 2.48 bits per heavy atom. The fourth-order valence-corrected chi connectivity index (χ4v) is 2.15. The second-order valence-electron chi connectivity index (χ2n) is 5.27. The van der Waals surface area contributed by atoms with Gasteiger partial charge in [0.2, 0.25) is 11.8 Å². The van der Waals surface area contributed by atoms with Crippen molar-refractivity contribution in [2.45, 2.75) is 39.3 Å². The minimum absolute atomic E-state index is 0.0259. The third-order valence-corrected chi connectivity index (χ3v) is 3.62. The Kier molecular flexibility index (Phi) is 8.11. The maximum absolute atomic E-state index is 12.2. The number of aliphatic hydroxyl groups excluding tert-OH is 1. The van der Waals surface area contributed by atoms with Crippen molar-refractivity contribution in [2.75, 3.05) is 20.3 Å². The molecule has 0 heterocycles. The number of methoxy groups -OCH3 is 1. The van der Waals surface area contributed by atoms with E-state index in [0.717, 1.165) is 11.3 Å². The van der Waals surface area contributed by atoms with Gasteiger partial charge in [0.25, 0.3) is 0 Å². The van der Waals surface area contributed by atoms with E-state index >= 15 is 0 Å². The summed E-state index contributed by atoms with van der Waals surface area (Å²) in [5, 5.41) is 11.5. The van der Waals surface area contributed by atoms with E-state index in [-0.39, 0.29) is 18.4 Å². The summed E-state index contributed by atoms with van der Waals surface area (Å²) in [6.07, 6.45) is 0.836. The third kappa shape index (κ3) is 5.90. The van der Waals surface area contributed by atoms with Crippen LogP contribution in [0.2, 0.25) is 0 Å². The van der Waals surface area contributed by atoms with Crippen molar-refractivity contribution in [1.29, 1.82) is 0 Å². The molecule has 1 rings (SSSR count). The van der Waals surface area contributed by atoms with Gasteiger partial charge in [0.15, 0.2) is 0 Å². The number of rotatable bonds is 9. The van der Waals surface area contributed by atoms with E-state index < -0.39 is 6.04 Å². The van der Waals surface area contributed by atoms with Crippen LogP contribution in [0.5, 0.6) is 5.75 Å². The van der Waals surface area contributed by atoms with Gasteiger partial charge in [0.1, 0.15) is 11.8 Å². The highest BCUT2D eigenvalue weighted by atomic mass is 16.5. The molecule has 0 saturated carbocycles. The summed E-state index contributed by atoms with van der Waals surface area (Å²) >= 11 is 0. The molecule has 0 aliphatic heterocycles. The SMILES string of the molecule is CCC(=O)N(Cc1ccc(OC)cc1)C(C)C(=O)NCCCO. The summed E-state index contributed by atoms with van der Waals surface area (Å²) in [5.41, 5.74) is 0.933. The second kappa shape index (κ2) is 9.84. The standard InChI is InChI=1S/C17H26N2O4/c1-4-16(21)19(13(2)17(22)18-10-5-11-20)12-14-6-8-15(23-3)9-7-14/h6-9,13,20H,4-5,10-12H2,1-3H3,(H,18,22). The molecule has 0 bridgehead atoms. The lowest BCUT2D eigenvalue weighted by Crippen LogP contribution is -2.47. The van der Waals surface area contributed by atoms with Crippen molar-refractivity contribution in [2.24, 2.45) is 0 Å². The van der Waals surface area contributed by atoms with Gasteiger partial charge in [0.05, 0.1) is 7.11 Å². The lowest BCUT2D eigenvalue weighted by Gasteiger charge is -2.28. The topological polar surface area (TPSA) is 78.9 Å². The Morgan fingerprint density at radius 1 is 1.30 bits per heavy atom. The predicted octanol–water partition coefficient (Wildman–Crippen LogP) is 1.32. The minimum atomic E-state index is -0.566. The van der Waals surface area contributed by atoms with Crippen LogP contribution in [0.4, 0.5) is 0 Å². The molecule has 1 aromatic carbocycles. The van der Waals surface area contributed by atoms with Crippen LogP contribution in [0.15, 0.2) is 24.3 Å². The van der Waals surface area contributed by atoms with Crippen molar-refractivity contribution in [3.8, 4) is 5.75 Å². The van der Waals surface area contributed by atoms with Crippen molar-refractivity contribution in [3.63, 3.8) is 0 Å². The van der Waals surface area contributed by atoms with Gasteiger partial charge >= 0.3 is 0 Å². The first-order chi connectivity index (χ1) is 11.0. The van der Waals surface area contributed by atoms with Crippen molar-refractivity contribution >= 4 is 11.8 Å². The molecule has 0 saturated heterocycles. The van der Waals surface area contributed by atoms with E-state index in [4.69, 9.17) is 9.84 Å². The Bertz CT molecular complexity index is 502. The van der Waals surface area contributed by atoms with Crippen molar-refractivity contribution in [1.82, 2.24) is 10.2 Å². The van der Waals surface area contributed by atoms with Gasteiger partial charge in [-0.25, -0.2) is 0 Å². The van der Waals surface area contributed by atoms with Crippen molar-refractivity contribution < 1.29 is 19.4 Å². The first-order valence-corrected chi connectivity index (χ1v) is 7.84. The average Bonchev–Trinajstić information content (AvgIpc) is 2.59. The Hall–Kier alpha value is -2.08. The summed E-state index contributed by atoms with van der Waals surface area (Å²) in [7, 11) is 1.60. The van der Waals surface area contributed by atoms with Crippen LogP contribution in [0, 0.1) is 0 Å². The largest absolute Gasteiger partial charge is 0.497 e. The van der Waals surface area contributed by atoms with E-state index in [0.29, 0.717) is 25.9 Å². The van der Waals surface area contributed by atoms with E-state index in [2.05, 4.69) is 5.32 Å². The van der Waals surface area contributed by atoms with Crippen LogP contribution < -0.4 is 10.1 Å². The zero-order chi connectivity index (χ0) is 17.2. The molecule has 2 N–H and O–H groups in total. The zero-order valence-corrected chi connectivity index (χ0v) is 14.0. The van der Waals surface area contributed by atoms with Crippen LogP contribution in [-0.2, 0) is 16.1 Å². The molecule has 1 aromatic rings. The molecular weight excluding hydrogens is 296 g/mol. The summed E-state index contributed by atoms with van der Waals surface area (Å²) in [6, 6.07) is 6.85. The van der Waals surface area contributed by atoms with Gasteiger partial charge in [-0.05, 0) is 31.0 Å². The Labute approximate surface area is 137 Å². The fourth-order valence-electron chi connectivity index (χ4n) is 2.15. The van der Waals surface area contributed by atoms with E-state index in [1.807, 2.05) is 24.3 Å². The molecule has 0 radical (unpaired) electrons. The summed E-state index contributed by atoms with van der Waals surface area (Å²) in [6.45, 7) is 4.28. The third-order valence-electron chi connectivity index (χ3n) is 3.62. The van der Waals surface area contributed by atoms with Crippen LogP contribution in [-0.4, -0.2) is 48.1 Å². The van der Waals surface area contributed by atoms with Crippen LogP contribution in [0.25, 0.3) is 0 Å². The van der Waals surface area contributed by atoms with Crippen molar-refractivity contribution in [3.05, 3.63) is 29.8 Å². The maximum Gasteiger partial charge on any atom is 0.242 e. The molecular formula is C17H26N2O4. The number of hydrogen-bond donors (Lipinski definition) is 2. The molecule has 0 aromatic heterocycles. The van der Waals surface area contributed by atoms with Gasteiger partial charge in [-0.2, -0.15) is 0 Å². The van der Waals surface area contributed by atoms with E-state index in [1.54, 1.807) is 25.9 Å². The molecule has 0 aliphatic rings. The normalized spacial score (nSPS) is 11.7. The smallest absolute Gasteiger partial charge is 0.242 e. The van der Waals surface area contributed by atoms with Gasteiger partial charge in [-0.3, -0.25) is 9.59 Å². The molecule has 0 spiro atoms. The molecule has 1 unspecified atom stereocenters. The Balaban J connectivity index is 2.78. The lowest BCUT2D eigenvalue weighted by atomic mass is 10.1. The number of benzene rings is 1. The van der Waals surface area contributed by atoms with Gasteiger partial charge in [-0.1, -0.05) is 19.1 Å². The monoisotopic (exact) mass is 322 g/mol. The number of nitrogens with one attached hydrogen (secondary N) is 1. The van der Waals surface area contributed by atoms with Gasteiger partial charge in [-0.15, -0.1) is 0 Å². The average molecular weight is 322 g/mol. The predicted molar refractivity (Wildman–Crippen MR) is 88.0 cm³/mol. The highest BCUT2D eigenvalue weighted by Crippen LogP contribution is 2.15. The number of nitrogens with zero attached hydrogens (tertiary/aromatic N) is 1. The number of ether oxygens (including phenoxy) is 1. The molecule has 0 aliphatic carbocycles. The maximum atomic E-state index is 12.2. The Morgan fingerprint density at radius 2 is 1.96 bits per heavy atom. The number of amides is 2. The molecule has 6 nitrogen and oxygen atoms in total. The molecule has 23 heavy (non-hydrogen) atoms. The van der Waals surface area contributed by atoms with Crippen LogP contribution in [0.3, 0.4) is 0 Å². The zero-order valence-electron chi connectivity index (χ0n) is 14.0. The minimum Gasteiger partial charge on any atom is -0.497 e. The van der Waals surface area contributed by atoms with Crippen LogP contribution in [0.1, 0.15) is 32.3 Å². The number of aliphatic hydroxyl groups is 1. The molecule has 6 heteroatoms. The van der Waals surface area contributed by atoms with E-state index in [1.165, 1.54) is 0 Å². The van der Waals surface area contributed by atoms with Gasteiger partial charge < -0.3 is 20.1 Å². The second-order valence-corrected chi connectivity index (χ2v) is 5.27. The number of carbonyl (C=O) groups excluding carboxylic acids is 2. The first kappa shape index (κ1) is 19.0. The summed E-state index contributed by atoms with van der Waals surface area (Å²) in [4.78, 5) is 25.9. The first-order valence-electron chi connectivity index (χ1n) is 7.84. The summed E-state index contributed by atoms with van der Waals surface area (Å²) in [5.74, 6) is 0.455. The number of carbonyl (C=O) groups is 2. The molecule has 2 amide bonds. The number of hydrogen-bond acceptors (Lipinski definition) is 4. The van der Waals surface area contributed by atoms with Gasteiger partial charge in [0, 0.05) is 26.1 Å². The highest BCUT2D eigenvalue weighted by Gasteiger charge is 2.24. The molecule has 0 fully saturated rings. The molecule has 1 atom stereocenters. The van der Waals surface area contributed by atoms with E-state index in [9.17, 15) is 9.59 Å². The summed E-state index contributed by atoms with van der Waals surface area (Å²) < 4.78 is 5.12.